The summed E-state index contributed by atoms with van der Waals surface area (Å²) in [5, 5.41) is 0.794. The number of benzene rings is 1. The number of rotatable bonds is 5. The second-order valence-corrected chi connectivity index (χ2v) is 7.91. The maximum absolute atomic E-state index is 12.5. The fraction of sp³-hybridized carbons (Fsp3) is 0.667. The highest BCUT2D eigenvalue weighted by Crippen LogP contribution is 2.36. The first kappa shape index (κ1) is 17.9. The Bertz CT molecular complexity index is 543. The lowest BCUT2D eigenvalue weighted by atomic mass is 9.83. The molecule has 1 saturated carbocycles. The Balaban J connectivity index is 1.57. The molecule has 1 aliphatic heterocycles. The number of likely N-dealkylation sites (tertiary alicyclic amines) is 1. The molecule has 1 heterocycles. The van der Waals surface area contributed by atoms with Gasteiger partial charge in [0.2, 0.25) is 0 Å². The van der Waals surface area contributed by atoms with E-state index < -0.39 is 0 Å². The summed E-state index contributed by atoms with van der Waals surface area (Å²) in [6, 6.07) is 6.02. The van der Waals surface area contributed by atoms with E-state index in [1.807, 2.05) is 12.1 Å². The van der Waals surface area contributed by atoms with Crippen molar-refractivity contribution in [2.45, 2.75) is 70.1 Å². The van der Waals surface area contributed by atoms with Crippen LogP contribution in [0.1, 0.15) is 86.0 Å². The molecule has 0 atom stereocenters. The number of nitrogens with zero attached hydrogens (tertiary/aromatic N) is 1. The molecule has 0 N–H and O–H groups in total. The van der Waals surface area contributed by atoms with E-state index in [-0.39, 0.29) is 5.78 Å². The van der Waals surface area contributed by atoms with Gasteiger partial charge in [-0.05, 0) is 56.3 Å². The van der Waals surface area contributed by atoms with Crippen molar-refractivity contribution in [3.8, 4) is 0 Å². The fourth-order valence-corrected chi connectivity index (χ4v) is 4.54. The van der Waals surface area contributed by atoms with Crippen LogP contribution in [0.2, 0.25) is 5.02 Å². The third-order valence-electron chi connectivity index (χ3n) is 5.72. The first-order chi connectivity index (χ1) is 11.7. The summed E-state index contributed by atoms with van der Waals surface area (Å²) in [6.45, 7) is 3.18. The molecule has 1 aromatic rings. The summed E-state index contributed by atoms with van der Waals surface area (Å²) in [7, 11) is 0. The molecule has 0 unspecified atom stereocenters. The Morgan fingerprint density at radius 2 is 1.67 bits per heavy atom. The van der Waals surface area contributed by atoms with Crippen molar-refractivity contribution in [3.05, 3.63) is 34.3 Å². The van der Waals surface area contributed by atoms with Gasteiger partial charge >= 0.3 is 0 Å². The van der Waals surface area contributed by atoms with Crippen molar-refractivity contribution < 1.29 is 4.79 Å². The zero-order chi connectivity index (χ0) is 16.8. The molecular weight excluding hydrogens is 318 g/mol. The number of halogens is 1. The van der Waals surface area contributed by atoms with Crippen LogP contribution in [-0.2, 0) is 0 Å². The van der Waals surface area contributed by atoms with Crippen LogP contribution in [-0.4, -0.2) is 30.3 Å². The highest BCUT2D eigenvalue weighted by molar-refractivity contribution is 6.31. The molecule has 0 bridgehead atoms. The Hall–Kier alpha value is -0.860. The van der Waals surface area contributed by atoms with Crippen LogP contribution in [0.5, 0.6) is 0 Å². The molecule has 24 heavy (non-hydrogen) atoms. The molecule has 0 spiro atoms. The lowest BCUT2D eigenvalue weighted by molar-refractivity contribution is 0.0965. The van der Waals surface area contributed by atoms with Gasteiger partial charge in [-0.1, -0.05) is 55.8 Å². The van der Waals surface area contributed by atoms with Crippen LogP contribution >= 0.6 is 11.6 Å². The average Bonchev–Trinajstić information content (AvgIpc) is 2.89. The van der Waals surface area contributed by atoms with Gasteiger partial charge in [-0.2, -0.15) is 0 Å². The molecule has 2 fully saturated rings. The number of carbonyl (C=O) groups excluding carboxylic acids is 1. The van der Waals surface area contributed by atoms with Crippen molar-refractivity contribution in [1.82, 2.24) is 4.90 Å². The van der Waals surface area contributed by atoms with E-state index in [1.165, 1.54) is 63.4 Å². The predicted octanol–water partition coefficient (Wildman–Crippen LogP) is 5.84. The van der Waals surface area contributed by atoms with E-state index in [0.717, 1.165) is 30.2 Å². The number of ketones is 1. The molecular formula is C21H30ClNO. The van der Waals surface area contributed by atoms with Crippen LogP contribution in [0.25, 0.3) is 0 Å². The van der Waals surface area contributed by atoms with Gasteiger partial charge in [0.15, 0.2) is 5.78 Å². The minimum Gasteiger partial charge on any atom is -0.303 e. The van der Waals surface area contributed by atoms with Crippen molar-refractivity contribution >= 4 is 17.4 Å². The molecule has 0 amide bonds. The van der Waals surface area contributed by atoms with Crippen LogP contribution in [0.3, 0.4) is 0 Å². The molecule has 1 saturated heterocycles. The summed E-state index contributed by atoms with van der Waals surface area (Å²) < 4.78 is 0. The van der Waals surface area contributed by atoms with Crippen molar-refractivity contribution in [2.75, 3.05) is 19.6 Å². The second kappa shape index (κ2) is 9.01. The third kappa shape index (κ3) is 4.83. The number of hydrogen-bond acceptors (Lipinski definition) is 2. The van der Waals surface area contributed by atoms with E-state index in [2.05, 4.69) is 11.0 Å². The molecule has 1 aliphatic carbocycles. The quantitative estimate of drug-likeness (QED) is 0.624. The Kier molecular flexibility index (Phi) is 6.74. The molecule has 3 heteroatoms. The zero-order valence-electron chi connectivity index (χ0n) is 14.7. The van der Waals surface area contributed by atoms with Crippen molar-refractivity contribution in [2.24, 2.45) is 0 Å². The molecule has 0 aromatic heterocycles. The summed E-state index contributed by atoms with van der Waals surface area (Å²) in [5.41, 5.74) is 2.04. The van der Waals surface area contributed by atoms with E-state index in [4.69, 9.17) is 11.6 Å². The van der Waals surface area contributed by atoms with Gasteiger partial charge in [-0.25, -0.2) is 0 Å². The van der Waals surface area contributed by atoms with E-state index in [0.29, 0.717) is 12.3 Å². The van der Waals surface area contributed by atoms with Gasteiger partial charge in [-0.3, -0.25) is 4.79 Å². The van der Waals surface area contributed by atoms with E-state index in [9.17, 15) is 4.79 Å². The Morgan fingerprint density at radius 1 is 1.00 bits per heavy atom. The van der Waals surface area contributed by atoms with Crippen molar-refractivity contribution in [1.29, 1.82) is 0 Å². The van der Waals surface area contributed by atoms with Crippen LogP contribution in [0.15, 0.2) is 18.2 Å². The van der Waals surface area contributed by atoms with Gasteiger partial charge in [0.25, 0.3) is 0 Å². The lowest BCUT2D eigenvalue weighted by Crippen LogP contribution is -2.27. The highest BCUT2D eigenvalue weighted by atomic mass is 35.5. The zero-order valence-corrected chi connectivity index (χ0v) is 15.5. The summed E-state index contributed by atoms with van der Waals surface area (Å²) >= 11 is 6.51. The molecule has 1 aromatic carbocycles. The van der Waals surface area contributed by atoms with Gasteiger partial charge < -0.3 is 4.90 Å². The van der Waals surface area contributed by atoms with Gasteiger partial charge in [0.05, 0.1) is 0 Å². The molecule has 132 valence electrons. The van der Waals surface area contributed by atoms with Crippen LogP contribution in [0.4, 0.5) is 0 Å². The standard InChI is InChI=1S/C21H30ClNO/c22-20-16-18(10-11-19(20)17-8-4-3-5-9-17)21(24)12-15-23-13-6-1-2-7-14-23/h10-11,16-17H,1-9,12-15H2. The fourth-order valence-electron chi connectivity index (χ4n) is 4.21. The smallest absolute Gasteiger partial charge is 0.164 e. The minimum absolute atomic E-state index is 0.233. The second-order valence-electron chi connectivity index (χ2n) is 7.50. The molecule has 2 nitrogen and oxygen atoms in total. The third-order valence-corrected chi connectivity index (χ3v) is 6.05. The van der Waals surface area contributed by atoms with Gasteiger partial charge in [0, 0.05) is 23.6 Å². The van der Waals surface area contributed by atoms with Crippen molar-refractivity contribution in [3.63, 3.8) is 0 Å². The number of hydrogen-bond donors (Lipinski definition) is 0. The minimum atomic E-state index is 0.233. The number of Topliss-reactive ketones (excluding diaryl/α,β-unsaturated/α-hetero) is 1. The largest absolute Gasteiger partial charge is 0.303 e. The molecule has 0 radical (unpaired) electrons. The summed E-state index contributed by atoms with van der Waals surface area (Å²) in [4.78, 5) is 15.0. The van der Waals surface area contributed by atoms with Gasteiger partial charge in [-0.15, -0.1) is 0 Å². The Morgan fingerprint density at radius 3 is 2.33 bits per heavy atom. The lowest BCUT2D eigenvalue weighted by Gasteiger charge is -2.23. The SMILES string of the molecule is O=C(CCN1CCCCCC1)c1ccc(C2CCCCC2)c(Cl)c1. The monoisotopic (exact) mass is 347 g/mol. The van der Waals surface area contributed by atoms with E-state index >= 15 is 0 Å². The maximum Gasteiger partial charge on any atom is 0.164 e. The molecule has 2 aliphatic rings. The highest BCUT2D eigenvalue weighted by Gasteiger charge is 2.19. The topological polar surface area (TPSA) is 20.3 Å². The van der Waals surface area contributed by atoms with Crippen LogP contribution in [0, 0.1) is 0 Å². The van der Waals surface area contributed by atoms with Crippen LogP contribution < -0.4 is 0 Å². The summed E-state index contributed by atoms with van der Waals surface area (Å²) in [6.07, 6.45) is 12.3. The first-order valence-corrected chi connectivity index (χ1v) is 10.2. The average molecular weight is 348 g/mol. The predicted molar refractivity (Wildman–Crippen MR) is 101 cm³/mol. The summed E-state index contributed by atoms with van der Waals surface area (Å²) in [5.74, 6) is 0.823. The molecule has 3 rings (SSSR count). The maximum atomic E-state index is 12.5. The number of carbonyl (C=O) groups is 1. The van der Waals surface area contributed by atoms with Gasteiger partial charge in [0.1, 0.15) is 0 Å². The first-order valence-electron chi connectivity index (χ1n) is 9.79. The Labute approximate surface area is 151 Å². The van der Waals surface area contributed by atoms with E-state index in [1.54, 1.807) is 0 Å². The normalized spacial score (nSPS) is 20.7.